The zero-order valence-corrected chi connectivity index (χ0v) is 16.6. The maximum Gasteiger partial charge on any atom is 0.0813 e. The van der Waals surface area contributed by atoms with Crippen LogP contribution in [0.1, 0.15) is 17.2 Å². The Balaban J connectivity index is 1.89. The summed E-state index contributed by atoms with van der Waals surface area (Å²) in [4.78, 5) is 5.71. The second-order valence-corrected chi connectivity index (χ2v) is 7.69. The number of nitrogens with zero attached hydrogens (tertiary/aromatic N) is 1. The van der Waals surface area contributed by atoms with Gasteiger partial charge in [-0.1, -0.05) is 57.9 Å². The average Bonchev–Trinajstić information content (AvgIpc) is 3.07. The lowest BCUT2D eigenvalue weighted by Gasteiger charge is -2.30. The summed E-state index contributed by atoms with van der Waals surface area (Å²) in [6.07, 6.45) is 2.11. The first-order valence-corrected chi connectivity index (χ1v) is 9.60. The predicted molar refractivity (Wildman–Crippen MR) is 114 cm³/mol. The number of rotatable bonds is 4. The van der Waals surface area contributed by atoms with Gasteiger partial charge in [0.15, 0.2) is 0 Å². The molecule has 0 aliphatic rings. The van der Waals surface area contributed by atoms with Crippen molar-refractivity contribution in [3.63, 3.8) is 0 Å². The quantitative estimate of drug-likeness (QED) is 0.380. The van der Waals surface area contributed by atoms with E-state index >= 15 is 0 Å². The molecule has 0 fully saturated rings. The van der Waals surface area contributed by atoms with Crippen molar-refractivity contribution in [3.8, 4) is 0 Å². The molecule has 0 bridgehead atoms. The van der Waals surface area contributed by atoms with Gasteiger partial charge in [0.1, 0.15) is 0 Å². The fourth-order valence-corrected chi connectivity index (χ4v) is 3.90. The summed E-state index contributed by atoms with van der Waals surface area (Å²) >= 11 is 9.73. The Morgan fingerprint density at radius 3 is 2.42 bits per heavy atom. The Morgan fingerprint density at radius 2 is 1.69 bits per heavy atom. The summed E-state index contributed by atoms with van der Waals surface area (Å²) in [5.74, 6) is 0. The van der Waals surface area contributed by atoms with Crippen molar-refractivity contribution in [2.75, 3.05) is 11.9 Å². The minimum absolute atomic E-state index is 0.0673. The van der Waals surface area contributed by atoms with Gasteiger partial charge in [-0.2, -0.15) is 0 Å². The minimum Gasteiger partial charge on any atom is -0.363 e. The van der Waals surface area contributed by atoms with E-state index in [-0.39, 0.29) is 6.04 Å². The highest BCUT2D eigenvalue weighted by Gasteiger charge is 2.23. The van der Waals surface area contributed by atoms with Crippen molar-refractivity contribution in [1.82, 2.24) is 4.98 Å². The van der Waals surface area contributed by atoms with Crippen LogP contribution in [-0.2, 0) is 0 Å². The highest BCUT2D eigenvalue weighted by molar-refractivity contribution is 9.10. The zero-order chi connectivity index (χ0) is 18.1. The number of para-hydroxylation sites is 1. The van der Waals surface area contributed by atoms with Crippen LogP contribution < -0.4 is 4.90 Å². The second kappa shape index (κ2) is 7.18. The van der Waals surface area contributed by atoms with Gasteiger partial charge in [0.2, 0.25) is 0 Å². The van der Waals surface area contributed by atoms with Crippen LogP contribution in [0.2, 0.25) is 5.02 Å². The largest absolute Gasteiger partial charge is 0.363 e. The van der Waals surface area contributed by atoms with Crippen molar-refractivity contribution in [1.29, 1.82) is 0 Å². The molecule has 26 heavy (non-hydrogen) atoms. The molecule has 0 aliphatic heterocycles. The van der Waals surface area contributed by atoms with E-state index in [1.165, 1.54) is 16.5 Å². The first kappa shape index (κ1) is 17.2. The third-order valence-electron chi connectivity index (χ3n) is 4.71. The van der Waals surface area contributed by atoms with Gasteiger partial charge in [0, 0.05) is 44.9 Å². The Kier molecular flexibility index (Phi) is 4.75. The number of nitrogens with one attached hydrogen (secondary N) is 1. The molecular weight excluding hydrogens is 408 g/mol. The topological polar surface area (TPSA) is 19.0 Å². The van der Waals surface area contributed by atoms with Crippen LogP contribution in [0.4, 0.5) is 5.69 Å². The van der Waals surface area contributed by atoms with Crippen molar-refractivity contribution in [2.45, 2.75) is 6.04 Å². The summed E-state index contributed by atoms with van der Waals surface area (Å²) < 4.78 is 1.07. The third-order valence-corrected chi connectivity index (χ3v) is 5.45. The first-order chi connectivity index (χ1) is 12.6. The normalized spacial score (nSPS) is 12.3. The van der Waals surface area contributed by atoms with Crippen LogP contribution in [-0.4, -0.2) is 12.0 Å². The molecule has 0 spiro atoms. The number of hydrogen-bond donors (Lipinski definition) is 1. The maximum absolute atomic E-state index is 6.13. The van der Waals surface area contributed by atoms with E-state index in [9.17, 15) is 0 Å². The first-order valence-electron chi connectivity index (χ1n) is 8.43. The molecule has 1 N–H and O–H groups in total. The molecule has 3 aromatic carbocycles. The van der Waals surface area contributed by atoms with E-state index in [1.54, 1.807) is 0 Å². The van der Waals surface area contributed by atoms with Crippen LogP contribution in [0.5, 0.6) is 0 Å². The lowest BCUT2D eigenvalue weighted by atomic mass is 9.96. The summed E-state index contributed by atoms with van der Waals surface area (Å²) in [6.45, 7) is 0. The molecule has 1 heterocycles. The highest BCUT2D eigenvalue weighted by Crippen LogP contribution is 2.36. The summed E-state index contributed by atoms with van der Waals surface area (Å²) in [7, 11) is 2.13. The molecular formula is C22H18BrClN2. The molecule has 1 aromatic heterocycles. The molecule has 0 saturated heterocycles. The number of aromatic nitrogens is 1. The molecule has 130 valence electrons. The van der Waals surface area contributed by atoms with E-state index in [0.29, 0.717) is 0 Å². The Bertz CT molecular complexity index is 1030. The number of halogens is 2. The molecule has 4 aromatic rings. The van der Waals surface area contributed by atoms with E-state index in [0.717, 1.165) is 20.7 Å². The zero-order valence-electron chi connectivity index (χ0n) is 14.3. The Labute approximate surface area is 166 Å². The van der Waals surface area contributed by atoms with E-state index in [1.807, 2.05) is 18.2 Å². The second-order valence-electron chi connectivity index (χ2n) is 6.33. The number of H-pyrrole nitrogens is 1. The van der Waals surface area contributed by atoms with Crippen molar-refractivity contribution < 1.29 is 0 Å². The molecule has 1 atom stereocenters. The highest BCUT2D eigenvalue weighted by atomic mass is 79.9. The van der Waals surface area contributed by atoms with Gasteiger partial charge in [-0.3, -0.25) is 0 Å². The summed E-state index contributed by atoms with van der Waals surface area (Å²) in [5, 5.41) is 1.96. The fourth-order valence-electron chi connectivity index (χ4n) is 3.41. The number of fused-ring (bicyclic) bond motifs is 1. The molecule has 1 unspecified atom stereocenters. The monoisotopic (exact) mass is 424 g/mol. The SMILES string of the molecule is CN(c1ccccc1)C(c1ccc(Cl)cc1)c1c[nH]c2ccc(Br)cc12. The van der Waals surface area contributed by atoms with Crippen LogP contribution >= 0.6 is 27.5 Å². The average molecular weight is 426 g/mol. The van der Waals surface area contributed by atoms with Gasteiger partial charge in [-0.05, 0) is 48.0 Å². The predicted octanol–water partition coefficient (Wildman–Crippen LogP) is 6.81. The molecule has 0 saturated carbocycles. The Morgan fingerprint density at radius 1 is 0.962 bits per heavy atom. The van der Waals surface area contributed by atoms with E-state index < -0.39 is 0 Å². The van der Waals surface area contributed by atoms with Crippen LogP contribution in [0.25, 0.3) is 10.9 Å². The molecule has 0 radical (unpaired) electrons. The lowest BCUT2D eigenvalue weighted by molar-refractivity contribution is 0.789. The Hall–Kier alpha value is -2.23. The van der Waals surface area contributed by atoms with Crippen molar-refractivity contribution in [2.24, 2.45) is 0 Å². The van der Waals surface area contributed by atoms with Gasteiger partial charge >= 0.3 is 0 Å². The van der Waals surface area contributed by atoms with Gasteiger partial charge < -0.3 is 9.88 Å². The maximum atomic E-state index is 6.13. The molecule has 2 nitrogen and oxygen atoms in total. The number of anilines is 1. The molecule has 0 aliphatic carbocycles. The van der Waals surface area contributed by atoms with Gasteiger partial charge in [-0.15, -0.1) is 0 Å². The summed E-state index contributed by atoms with van der Waals surface area (Å²) in [5.41, 5.74) is 4.72. The molecule has 4 rings (SSSR count). The van der Waals surface area contributed by atoms with Crippen molar-refractivity contribution >= 4 is 44.1 Å². The van der Waals surface area contributed by atoms with E-state index in [2.05, 4.69) is 93.7 Å². The molecule has 0 amide bonds. The number of benzene rings is 3. The fraction of sp³-hybridized carbons (Fsp3) is 0.0909. The standard InChI is InChI=1S/C22H18BrClN2/c1-26(18-5-3-2-4-6-18)22(15-7-10-17(24)11-8-15)20-14-25-21-12-9-16(23)13-19(20)21/h2-14,22,25H,1H3. The summed E-state index contributed by atoms with van der Waals surface area (Å²) in [6, 6.07) is 24.9. The van der Waals surface area contributed by atoms with Gasteiger partial charge in [-0.25, -0.2) is 0 Å². The third kappa shape index (κ3) is 3.25. The number of hydrogen-bond acceptors (Lipinski definition) is 1. The van der Waals surface area contributed by atoms with Crippen molar-refractivity contribution in [3.05, 3.63) is 99.6 Å². The number of aromatic amines is 1. The molecule has 4 heteroatoms. The smallest absolute Gasteiger partial charge is 0.0813 e. The van der Waals surface area contributed by atoms with E-state index in [4.69, 9.17) is 11.6 Å². The lowest BCUT2D eigenvalue weighted by Crippen LogP contribution is -2.25. The van der Waals surface area contributed by atoms with Crippen LogP contribution in [0.15, 0.2) is 83.5 Å². The van der Waals surface area contributed by atoms with Gasteiger partial charge in [0.25, 0.3) is 0 Å². The van der Waals surface area contributed by atoms with Crippen LogP contribution in [0, 0.1) is 0 Å². The van der Waals surface area contributed by atoms with Gasteiger partial charge in [0.05, 0.1) is 6.04 Å². The van der Waals surface area contributed by atoms with Crippen LogP contribution in [0.3, 0.4) is 0 Å². The minimum atomic E-state index is 0.0673.